The van der Waals surface area contributed by atoms with E-state index >= 15 is 0 Å². The SMILES string of the molecule is O=C(CN1C(c2ccccc2)=CC(c2ccc(Cl)cc2)n2nnnc21)NC1CCCCC1. The van der Waals surface area contributed by atoms with Gasteiger partial charge in [0, 0.05) is 11.1 Å². The fourth-order valence-corrected chi connectivity index (χ4v) is 4.67. The number of allylic oxidation sites excluding steroid dienone is 1. The van der Waals surface area contributed by atoms with E-state index in [-0.39, 0.29) is 24.5 Å². The van der Waals surface area contributed by atoms with E-state index in [0.29, 0.717) is 11.0 Å². The molecule has 2 heterocycles. The number of fused-ring (bicyclic) bond motifs is 1. The quantitative estimate of drug-likeness (QED) is 0.632. The van der Waals surface area contributed by atoms with Crippen LogP contribution in [0.3, 0.4) is 0 Å². The molecular formula is C24H25ClN6O. The van der Waals surface area contributed by atoms with Crippen LogP contribution in [0, 0.1) is 0 Å². The maximum atomic E-state index is 13.0. The second kappa shape index (κ2) is 9.12. The zero-order chi connectivity index (χ0) is 21.9. The van der Waals surface area contributed by atoms with Gasteiger partial charge in [0.1, 0.15) is 12.6 Å². The molecule has 0 spiro atoms. The number of amides is 1. The fourth-order valence-electron chi connectivity index (χ4n) is 4.54. The molecule has 7 nitrogen and oxygen atoms in total. The molecule has 1 N–H and O–H groups in total. The van der Waals surface area contributed by atoms with Crippen molar-refractivity contribution in [3.8, 4) is 0 Å². The number of nitrogens with one attached hydrogen (secondary N) is 1. The Morgan fingerprint density at radius 3 is 2.53 bits per heavy atom. The average Bonchev–Trinajstić information content (AvgIpc) is 3.31. The van der Waals surface area contributed by atoms with Crippen LogP contribution in [0.4, 0.5) is 5.95 Å². The molecule has 1 fully saturated rings. The largest absolute Gasteiger partial charge is 0.352 e. The lowest BCUT2D eigenvalue weighted by Crippen LogP contribution is -2.44. The van der Waals surface area contributed by atoms with Crippen molar-refractivity contribution in [2.24, 2.45) is 0 Å². The van der Waals surface area contributed by atoms with Gasteiger partial charge < -0.3 is 5.32 Å². The van der Waals surface area contributed by atoms with Crippen molar-refractivity contribution in [1.82, 2.24) is 25.5 Å². The molecule has 1 amide bonds. The molecule has 1 saturated carbocycles. The summed E-state index contributed by atoms with van der Waals surface area (Å²) in [5.41, 5.74) is 2.93. The van der Waals surface area contributed by atoms with Crippen molar-refractivity contribution in [2.75, 3.05) is 11.4 Å². The third-order valence-corrected chi connectivity index (χ3v) is 6.39. The Morgan fingerprint density at radius 1 is 1.03 bits per heavy atom. The van der Waals surface area contributed by atoms with E-state index in [1.165, 1.54) is 19.3 Å². The van der Waals surface area contributed by atoms with Gasteiger partial charge in [0.25, 0.3) is 5.95 Å². The van der Waals surface area contributed by atoms with Gasteiger partial charge in [-0.05, 0) is 52.6 Å². The third-order valence-electron chi connectivity index (χ3n) is 6.14. The van der Waals surface area contributed by atoms with Gasteiger partial charge in [-0.15, -0.1) is 0 Å². The third kappa shape index (κ3) is 4.25. The van der Waals surface area contributed by atoms with Crippen LogP contribution in [0.5, 0.6) is 0 Å². The lowest BCUT2D eigenvalue weighted by Gasteiger charge is -2.33. The lowest BCUT2D eigenvalue weighted by molar-refractivity contribution is -0.120. The molecular weight excluding hydrogens is 424 g/mol. The Kier molecular flexibility index (Phi) is 5.90. The summed E-state index contributed by atoms with van der Waals surface area (Å²) >= 11 is 6.10. The normalized spacial score (nSPS) is 18.7. The number of aromatic nitrogens is 4. The van der Waals surface area contributed by atoms with Crippen LogP contribution in [0.25, 0.3) is 5.70 Å². The van der Waals surface area contributed by atoms with Crippen molar-refractivity contribution < 1.29 is 4.79 Å². The molecule has 0 saturated heterocycles. The lowest BCUT2D eigenvalue weighted by atomic mass is 9.95. The molecule has 1 aromatic heterocycles. The summed E-state index contributed by atoms with van der Waals surface area (Å²) < 4.78 is 1.75. The van der Waals surface area contributed by atoms with Gasteiger partial charge in [0.2, 0.25) is 5.91 Å². The number of anilines is 1. The van der Waals surface area contributed by atoms with Crippen LogP contribution in [0.2, 0.25) is 5.02 Å². The topological polar surface area (TPSA) is 75.9 Å². The highest BCUT2D eigenvalue weighted by Crippen LogP contribution is 2.36. The predicted octanol–water partition coefficient (Wildman–Crippen LogP) is 4.23. The summed E-state index contributed by atoms with van der Waals surface area (Å²) in [4.78, 5) is 14.9. The summed E-state index contributed by atoms with van der Waals surface area (Å²) in [6.45, 7) is 0.158. The molecule has 1 atom stereocenters. The molecule has 1 aliphatic carbocycles. The van der Waals surface area contributed by atoms with E-state index < -0.39 is 0 Å². The van der Waals surface area contributed by atoms with Crippen LogP contribution in [0.15, 0.2) is 60.7 Å². The van der Waals surface area contributed by atoms with Gasteiger partial charge in [-0.2, -0.15) is 4.68 Å². The summed E-state index contributed by atoms with van der Waals surface area (Å²) in [5, 5.41) is 16.3. The van der Waals surface area contributed by atoms with Gasteiger partial charge in [-0.3, -0.25) is 9.69 Å². The number of carbonyl (C=O) groups is 1. The maximum Gasteiger partial charge on any atom is 0.251 e. The highest BCUT2D eigenvalue weighted by molar-refractivity contribution is 6.30. The Morgan fingerprint density at radius 2 is 1.78 bits per heavy atom. The molecule has 5 rings (SSSR count). The van der Waals surface area contributed by atoms with Crippen LogP contribution < -0.4 is 10.2 Å². The van der Waals surface area contributed by atoms with Gasteiger partial charge in [0.15, 0.2) is 0 Å². The number of nitrogens with zero attached hydrogens (tertiary/aromatic N) is 5. The molecule has 3 aromatic rings. The Balaban J connectivity index is 1.49. The van der Waals surface area contributed by atoms with E-state index in [9.17, 15) is 4.79 Å². The Bertz CT molecular complexity index is 1110. The highest BCUT2D eigenvalue weighted by atomic mass is 35.5. The van der Waals surface area contributed by atoms with Gasteiger partial charge in [-0.25, -0.2) is 0 Å². The van der Waals surface area contributed by atoms with Gasteiger partial charge in [-0.1, -0.05) is 78.4 Å². The first-order chi connectivity index (χ1) is 15.7. The van der Waals surface area contributed by atoms with Crippen molar-refractivity contribution in [1.29, 1.82) is 0 Å². The van der Waals surface area contributed by atoms with Crippen LogP contribution >= 0.6 is 11.6 Å². The first kappa shape index (κ1) is 20.7. The van der Waals surface area contributed by atoms with Crippen LogP contribution in [0.1, 0.15) is 49.3 Å². The molecule has 2 aliphatic rings. The van der Waals surface area contributed by atoms with E-state index in [1.807, 2.05) is 59.5 Å². The first-order valence-corrected chi connectivity index (χ1v) is 11.4. The minimum Gasteiger partial charge on any atom is -0.352 e. The molecule has 32 heavy (non-hydrogen) atoms. The molecule has 2 aromatic carbocycles. The summed E-state index contributed by atoms with van der Waals surface area (Å²) in [7, 11) is 0. The van der Waals surface area contributed by atoms with Gasteiger partial charge >= 0.3 is 0 Å². The summed E-state index contributed by atoms with van der Waals surface area (Å²) in [6, 6.07) is 17.8. The molecule has 164 valence electrons. The van der Waals surface area contributed by atoms with Crippen molar-refractivity contribution >= 4 is 29.2 Å². The predicted molar refractivity (Wildman–Crippen MR) is 124 cm³/mol. The molecule has 0 bridgehead atoms. The highest BCUT2D eigenvalue weighted by Gasteiger charge is 2.32. The van der Waals surface area contributed by atoms with E-state index in [1.54, 1.807) is 4.68 Å². The Hall–Kier alpha value is -3.19. The monoisotopic (exact) mass is 448 g/mol. The summed E-state index contributed by atoms with van der Waals surface area (Å²) in [5.74, 6) is 0.531. The number of rotatable bonds is 5. The number of hydrogen-bond acceptors (Lipinski definition) is 5. The molecule has 1 unspecified atom stereocenters. The van der Waals surface area contributed by atoms with Crippen molar-refractivity contribution in [3.05, 3.63) is 76.8 Å². The molecule has 0 radical (unpaired) electrons. The van der Waals surface area contributed by atoms with Crippen molar-refractivity contribution in [3.63, 3.8) is 0 Å². The summed E-state index contributed by atoms with van der Waals surface area (Å²) in [6.07, 6.45) is 7.79. The minimum atomic E-state index is -0.204. The van der Waals surface area contributed by atoms with E-state index in [4.69, 9.17) is 11.6 Å². The maximum absolute atomic E-state index is 13.0. The van der Waals surface area contributed by atoms with Crippen molar-refractivity contribution in [2.45, 2.75) is 44.2 Å². The van der Waals surface area contributed by atoms with E-state index in [0.717, 1.165) is 29.7 Å². The first-order valence-electron chi connectivity index (χ1n) is 11.1. The number of halogens is 1. The average molecular weight is 449 g/mol. The second-order valence-corrected chi connectivity index (χ2v) is 8.76. The number of carbonyl (C=O) groups excluding carboxylic acids is 1. The van der Waals surface area contributed by atoms with Gasteiger partial charge in [0.05, 0.1) is 5.70 Å². The van der Waals surface area contributed by atoms with Crippen LogP contribution in [-0.2, 0) is 4.79 Å². The minimum absolute atomic E-state index is 0.0155. The Labute approximate surface area is 192 Å². The van der Waals surface area contributed by atoms with Crippen LogP contribution in [-0.4, -0.2) is 38.7 Å². The second-order valence-electron chi connectivity index (χ2n) is 8.33. The smallest absolute Gasteiger partial charge is 0.251 e. The number of tetrazole rings is 1. The zero-order valence-electron chi connectivity index (χ0n) is 17.7. The molecule has 8 heteroatoms. The number of benzene rings is 2. The zero-order valence-corrected chi connectivity index (χ0v) is 18.4. The number of hydrogen-bond donors (Lipinski definition) is 1. The fraction of sp³-hybridized carbons (Fsp3) is 0.333. The standard InChI is InChI=1S/C24H25ClN6O/c25-19-13-11-18(12-14-19)22-15-21(17-7-3-1-4-8-17)30(24-27-28-29-31(22)24)16-23(32)26-20-9-5-2-6-10-20/h1,3-4,7-8,11-15,20,22H,2,5-6,9-10,16H2,(H,26,32). The molecule has 1 aliphatic heterocycles. The van der Waals surface area contributed by atoms with E-state index in [2.05, 4.69) is 26.9 Å².